The molecule has 8 nitrogen and oxygen atoms in total. The lowest BCUT2D eigenvalue weighted by molar-refractivity contribution is -0.129. The molecule has 9 heteroatoms. The predicted octanol–water partition coefficient (Wildman–Crippen LogP) is -0.511. The number of likely N-dealkylation sites (N-methyl/N-ethyl adjacent to an activating group) is 1. The van der Waals surface area contributed by atoms with Crippen LogP contribution in [0.2, 0.25) is 0 Å². The van der Waals surface area contributed by atoms with Gasteiger partial charge in [-0.05, 0) is 25.2 Å². The van der Waals surface area contributed by atoms with Crippen LogP contribution in [0, 0.1) is 0 Å². The molecule has 0 aliphatic carbocycles. The number of nitrogens with one attached hydrogen (secondary N) is 2. The van der Waals surface area contributed by atoms with E-state index in [1.165, 1.54) is 23.4 Å². The van der Waals surface area contributed by atoms with Crippen molar-refractivity contribution >= 4 is 21.8 Å². The fourth-order valence-corrected chi connectivity index (χ4v) is 4.06. The maximum Gasteiger partial charge on any atom is 0.251 e. The van der Waals surface area contributed by atoms with E-state index in [2.05, 4.69) is 10.6 Å². The van der Waals surface area contributed by atoms with Crippen molar-refractivity contribution in [1.29, 1.82) is 0 Å². The Morgan fingerprint density at radius 2 is 1.80 bits per heavy atom. The van der Waals surface area contributed by atoms with Crippen LogP contribution in [0.1, 0.15) is 17.3 Å². The van der Waals surface area contributed by atoms with Gasteiger partial charge >= 0.3 is 0 Å². The van der Waals surface area contributed by atoms with E-state index in [9.17, 15) is 18.0 Å². The molecule has 1 aliphatic heterocycles. The Morgan fingerprint density at radius 1 is 1.12 bits per heavy atom. The van der Waals surface area contributed by atoms with Crippen molar-refractivity contribution in [3.8, 4) is 0 Å². The summed E-state index contributed by atoms with van der Waals surface area (Å²) < 4.78 is 26.9. The van der Waals surface area contributed by atoms with Gasteiger partial charge in [0.25, 0.3) is 5.91 Å². The summed E-state index contributed by atoms with van der Waals surface area (Å²) >= 11 is 0. The fourth-order valence-electron chi connectivity index (χ4n) is 2.59. The van der Waals surface area contributed by atoms with Crippen molar-refractivity contribution in [2.45, 2.75) is 11.8 Å². The first-order chi connectivity index (χ1) is 11.9. The number of piperazine rings is 1. The second-order valence-corrected chi connectivity index (χ2v) is 7.74. The normalized spacial score (nSPS) is 15.8. The van der Waals surface area contributed by atoms with Crippen LogP contribution < -0.4 is 10.6 Å². The minimum absolute atomic E-state index is 0.0581. The molecular formula is C16H24N4O4S. The van der Waals surface area contributed by atoms with E-state index in [-0.39, 0.29) is 29.8 Å². The lowest BCUT2D eigenvalue weighted by atomic mass is 10.2. The average Bonchev–Trinajstić information content (AvgIpc) is 2.62. The molecule has 1 aliphatic rings. The van der Waals surface area contributed by atoms with Gasteiger partial charge in [-0.2, -0.15) is 4.31 Å². The van der Waals surface area contributed by atoms with Gasteiger partial charge in [0.15, 0.2) is 0 Å². The molecule has 1 fully saturated rings. The van der Waals surface area contributed by atoms with Crippen LogP contribution in [0.25, 0.3) is 0 Å². The maximum absolute atomic E-state index is 12.8. The third-order valence-corrected chi connectivity index (χ3v) is 5.97. The minimum Gasteiger partial charge on any atom is -0.351 e. The second-order valence-electron chi connectivity index (χ2n) is 5.80. The lowest BCUT2D eigenvalue weighted by Gasteiger charge is -2.33. The van der Waals surface area contributed by atoms with Crippen molar-refractivity contribution in [2.24, 2.45) is 0 Å². The molecule has 1 heterocycles. The standard InChI is InChI=1S/C16H24N4O4S/c1-13(21)19-8-10-20(11-9-19)25(23,24)15-5-3-4-14(12-15)16(22)18-7-6-17-2/h3-5,12,17H,6-11H2,1-2H3,(H,18,22). The number of carbonyl (C=O) groups excluding carboxylic acids is 2. The van der Waals surface area contributed by atoms with Crippen molar-refractivity contribution in [1.82, 2.24) is 19.8 Å². The molecule has 2 amide bonds. The highest BCUT2D eigenvalue weighted by Gasteiger charge is 2.29. The molecule has 25 heavy (non-hydrogen) atoms. The largest absolute Gasteiger partial charge is 0.351 e. The van der Waals surface area contributed by atoms with Gasteiger partial charge in [0.2, 0.25) is 15.9 Å². The van der Waals surface area contributed by atoms with E-state index in [4.69, 9.17) is 0 Å². The van der Waals surface area contributed by atoms with Crippen LogP contribution in [-0.4, -0.2) is 75.8 Å². The van der Waals surface area contributed by atoms with Gasteiger partial charge in [0.1, 0.15) is 0 Å². The van der Waals surface area contributed by atoms with Crippen LogP contribution in [0.4, 0.5) is 0 Å². The Labute approximate surface area is 148 Å². The summed E-state index contributed by atoms with van der Waals surface area (Å²) in [6.45, 7) is 3.81. The third-order valence-electron chi connectivity index (χ3n) is 4.08. The lowest BCUT2D eigenvalue weighted by Crippen LogP contribution is -2.49. The predicted molar refractivity (Wildman–Crippen MR) is 93.7 cm³/mol. The minimum atomic E-state index is -3.69. The van der Waals surface area contributed by atoms with E-state index in [0.29, 0.717) is 31.7 Å². The first-order valence-electron chi connectivity index (χ1n) is 8.15. The van der Waals surface area contributed by atoms with Crippen LogP contribution in [0.3, 0.4) is 0 Å². The first kappa shape index (κ1) is 19.4. The summed E-state index contributed by atoms with van der Waals surface area (Å²) in [6, 6.07) is 6.02. The smallest absolute Gasteiger partial charge is 0.251 e. The number of hydrogen-bond donors (Lipinski definition) is 2. The molecule has 2 rings (SSSR count). The van der Waals surface area contributed by atoms with Gasteiger partial charge in [-0.15, -0.1) is 0 Å². The number of nitrogens with zero attached hydrogens (tertiary/aromatic N) is 2. The monoisotopic (exact) mass is 368 g/mol. The van der Waals surface area contributed by atoms with Gasteiger partial charge in [0, 0.05) is 51.8 Å². The summed E-state index contributed by atoms with van der Waals surface area (Å²) in [5, 5.41) is 5.64. The quantitative estimate of drug-likeness (QED) is 0.659. The molecule has 0 saturated carbocycles. The highest BCUT2D eigenvalue weighted by molar-refractivity contribution is 7.89. The molecule has 1 saturated heterocycles. The SMILES string of the molecule is CNCCNC(=O)c1cccc(S(=O)(=O)N2CCN(C(C)=O)CC2)c1. The van der Waals surface area contributed by atoms with E-state index in [1.54, 1.807) is 24.1 Å². The number of rotatable bonds is 6. The Kier molecular flexibility index (Phi) is 6.51. The summed E-state index contributed by atoms with van der Waals surface area (Å²) in [5.41, 5.74) is 0.305. The van der Waals surface area contributed by atoms with Crippen LogP contribution in [0.5, 0.6) is 0 Å². The van der Waals surface area contributed by atoms with E-state index in [1.807, 2.05) is 0 Å². The molecule has 0 atom stereocenters. The molecule has 0 unspecified atom stereocenters. The zero-order chi connectivity index (χ0) is 18.4. The number of carbonyl (C=O) groups is 2. The Balaban J connectivity index is 2.11. The zero-order valence-corrected chi connectivity index (χ0v) is 15.3. The molecule has 1 aromatic carbocycles. The molecule has 0 spiro atoms. The van der Waals surface area contributed by atoms with Crippen LogP contribution in [0.15, 0.2) is 29.2 Å². The van der Waals surface area contributed by atoms with E-state index in [0.717, 1.165) is 0 Å². The van der Waals surface area contributed by atoms with E-state index < -0.39 is 10.0 Å². The van der Waals surface area contributed by atoms with Crippen molar-refractivity contribution in [3.05, 3.63) is 29.8 Å². The molecule has 0 radical (unpaired) electrons. The summed E-state index contributed by atoms with van der Waals surface area (Å²) in [6.07, 6.45) is 0. The molecular weight excluding hydrogens is 344 g/mol. The Bertz CT molecular complexity index is 727. The summed E-state index contributed by atoms with van der Waals surface area (Å²) in [4.78, 5) is 25.2. The van der Waals surface area contributed by atoms with Crippen molar-refractivity contribution < 1.29 is 18.0 Å². The van der Waals surface area contributed by atoms with Gasteiger partial charge in [-0.3, -0.25) is 9.59 Å². The third kappa shape index (κ3) is 4.77. The summed E-state index contributed by atoms with van der Waals surface area (Å²) in [5.74, 6) is -0.369. The number of sulfonamides is 1. The zero-order valence-electron chi connectivity index (χ0n) is 14.5. The molecule has 0 bridgehead atoms. The summed E-state index contributed by atoms with van der Waals surface area (Å²) in [7, 11) is -1.91. The van der Waals surface area contributed by atoms with Crippen LogP contribution in [-0.2, 0) is 14.8 Å². The average molecular weight is 368 g/mol. The van der Waals surface area contributed by atoms with Crippen LogP contribution >= 0.6 is 0 Å². The van der Waals surface area contributed by atoms with Gasteiger partial charge in [-0.1, -0.05) is 6.07 Å². The molecule has 1 aromatic rings. The molecule has 138 valence electrons. The number of benzene rings is 1. The highest BCUT2D eigenvalue weighted by Crippen LogP contribution is 2.19. The number of amides is 2. The highest BCUT2D eigenvalue weighted by atomic mass is 32.2. The first-order valence-corrected chi connectivity index (χ1v) is 9.59. The number of hydrogen-bond acceptors (Lipinski definition) is 5. The van der Waals surface area contributed by atoms with Gasteiger partial charge in [-0.25, -0.2) is 8.42 Å². The van der Waals surface area contributed by atoms with E-state index >= 15 is 0 Å². The second kappa shape index (κ2) is 8.41. The Hall–Kier alpha value is -1.97. The van der Waals surface area contributed by atoms with Gasteiger partial charge < -0.3 is 15.5 Å². The van der Waals surface area contributed by atoms with Crippen molar-refractivity contribution in [3.63, 3.8) is 0 Å². The van der Waals surface area contributed by atoms with Crippen molar-refractivity contribution in [2.75, 3.05) is 46.3 Å². The van der Waals surface area contributed by atoms with Gasteiger partial charge in [0.05, 0.1) is 4.90 Å². The maximum atomic E-state index is 12.8. The fraction of sp³-hybridized carbons (Fsp3) is 0.500. The Morgan fingerprint density at radius 3 is 2.40 bits per heavy atom. The molecule has 0 aromatic heterocycles. The molecule has 2 N–H and O–H groups in total. The topological polar surface area (TPSA) is 98.8 Å².